The molecule has 0 aliphatic rings. The summed E-state index contributed by atoms with van der Waals surface area (Å²) in [7, 11) is 0. The van der Waals surface area contributed by atoms with Crippen molar-refractivity contribution in [2.24, 2.45) is 0 Å². The molecule has 0 bridgehead atoms. The first-order valence-electron chi connectivity index (χ1n) is 4.13. The monoisotopic (exact) mass is 173 g/mol. The number of hydrogen-bond acceptors (Lipinski definition) is 2. The van der Waals surface area contributed by atoms with E-state index in [0.717, 1.165) is 22.6 Å². The van der Waals surface area contributed by atoms with Gasteiger partial charge in [0.15, 0.2) is 0 Å². The van der Waals surface area contributed by atoms with Gasteiger partial charge in [0, 0.05) is 16.9 Å². The van der Waals surface area contributed by atoms with Gasteiger partial charge in [-0.1, -0.05) is 12.1 Å². The minimum Gasteiger partial charge on any atom is -0.399 e. The first-order valence-corrected chi connectivity index (χ1v) is 4.13. The maximum absolute atomic E-state index is 5.59. The highest BCUT2D eigenvalue weighted by Gasteiger charge is 2.02. The van der Waals surface area contributed by atoms with Crippen LogP contribution in [0.5, 0.6) is 0 Å². The zero-order valence-corrected chi connectivity index (χ0v) is 7.41. The maximum atomic E-state index is 5.59. The normalized spacial score (nSPS) is 10.2. The van der Waals surface area contributed by atoms with Crippen molar-refractivity contribution in [1.29, 1.82) is 0 Å². The van der Waals surface area contributed by atoms with Crippen LogP contribution in [0.2, 0.25) is 0 Å². The molecule has 0 saturated carbocycles. The number of nitrogen functional groups attached to an aromatic ring is 1. The molecule has 1 aromatic heterocycles. The molecule has 66 valence electrons. The molecule has 0 radical (unpaired) electrons. The summed E-state index contributed by atoms with van der Waals surface area (Å²) >= 11 is 0. The van der Waals surface area contributed by atoms with E-state index in [2.05, 4.69) is 9.97 Å². The zero-order valence-electron chi connectivity index (χ0n) is 7.41. The molecule has 3 nitrogen and oxygen atoms in total. The Morgan fingerprint density at radius 2 is 1.92 bits per heavy atom. The van der Waals surface area contributed by atoms with E-state index in [1.54, 1.807) is 6.33 Å². The number of benzene rings is 1. The molecule has 0 aliphatic heterocycles. The fourth-order valence-corrected chi connectivity index (χ4v) is 1.29. The van der Waals surface area contributed by atoms with Crippen molar-refractivity contribution >= 4 is 5.69 Å². The van der Waals surface area contributed by atoms with Gasteiger partial charge in [-0.15, -0.1) is 0 Å². The van der Waals surface area contributed by atoms with Crippen LogP contribution in [-0.4, -0.2) is 9.97 Å². The SMILES string of the molecule is Cc1[nH]cnc1-c1ccc(N)cc1. The second kappa shape index (κ2) is 2.94. The molecule has 3 N–H and O–H groups in total. The Hall–Kier alpha value is -1.77. The number of anilines is 1. The molecule has 0 fully saturated rings. The molecule has 0 unspecified atom stereocenters. The van der Waals surface area contributed by atoms with Crippen molar-refractivity contribution in [1.82, 2.24) is 9.97 Å². The topological polar surface area (TPSA) is 54.7 Å². The highest BCUT2D eigenvalue weighted by Crippen LogP contribution is 2.20. The molecule has 0 aliphatic carbocycles. The van der Waals surface area contributed by atoms with Crippen LogP contribution in [0.25, 0.3) is 11.3 Å². The Kier molecular flexibility index (Phi) is 1.77. The number of aromatic amines is 1. The number of nitrogens with zero attached hydrogens (tertiary/aromatic N) is 1. The lowest BCUT2D eigenvalue weighted by Gasteiger charge is -1.98. The predicted molar refractivity (Wildman–Crippen MR) is 53.2 cm³/mol. The molecule has 2 aromatic rings. The first-order chi connectivity index (χ1) is 6.27. The van der Waals surface area contributed by atoms with Crippen LogP contribution in [0, 0.1) is 6.92 Å². The van der Waals surface area contributed by atoms with Crippen LogP contribution < -0.4 is 5.73 Å². The Morgan fingerprint density at radius 1 is 1.23 bits per heavy atom. The van der Waals surface area contributed by atoms with E-state index in [1.165, 1.54) is 0 Å². The van der Waals surface area contributed by atoms with Crippen LogP contribution in [0.1, 0.15) is 5.69 Å². The molecule has 1 heterocycles. The standard InChI is InChI=1S/C10H11N3/c1-7-10(13-6-12-7)8-2-4-9(11)5-3-8/h2-6H,11H2,1H3,(H,12,13). The summed E-state index contributed by atoms with van der Waals surface area (Å²) in [5.41, 5.74) is 9.52. The highest BCUT2D eigenvalue weighted by molar-refractivity contribution is 5.63. The van der Waals surface area contributed by atoms with E-state index in [4.69, 9.17) is 5.73 Å². The van der Waals surface area contributed by atoms with Gasteiger partial charge in [0.05, 0.1) is 12.0 Å². The van der Waals surface area contributed by atoms with E-state index in [9.17, 15) is 0 Å². The van der Waals surface area contributed by atoms with Gasteiger partial charge in [0.1, 0.15) is 0 Å². The number of aryl methyl sites for hydroxylation is 1. The van der Waals surface area contributed by atoms with E-state index >= 15 is 0 Å². The maximum Gasteiger partial charge on any atom is 0.0929 e. The molecule has 0 atom stereocenters. The van der Waals surface area contributed by atoms with Crippen molar-refractivity contribution in [2.45, 2.75) is 6.92 Å². The number of nitrogens with two attached hydrogens (primary N) is 1. The lowest BCUT2D eigenvalue weighted by Crippen LogP contribution is -1.85. The third kappa shape index (κ3) is 1.40. The van der Waals surface area contributed by atoms with Gasteiger partial charge in [0.2, 0.25) is 0 Å². The number of aromatic nitrogens is 2. The molecule has 0 amide bonds. The summed E-state index contributed by atoms with van der Waals surface area (Å²) in [4.78, 5) is 7.26. The van der Waals surface area contributed by atoms with Crippen molar-refractivity contribution < 1.29 is 0 Å². The fourth-order valence-electron chi connectivity index (χ4n) is 1.29. The minimum absolute atomic E-state index is 0.775. The number of rotatable bonds is 1. The van der Waals surface area contributed by atoms with Crippen LogP contribution in [0.15, 0.2) is 30.6 Å². The van der Waals surface area contributed by atoms with Crippen molar-refractivity contribution in [3.63, 3.8) is 0 Å². The second-order valence-electron chi connectivity index (χ2n) is 3.00. The Balaban J connectivity index is 2.47. The molecule has 13 heavy (non-hydrogen) atoms. The summed E-state index contributed by atoms with van der Waals surface area (Å²) in [5, 5.41) is 0. The van der Waals surface area contributed by atoms with Gasteiger partial charge in [-0.2, -0.15) is 0 Å². The van der Waals surface area contributed by atoms with Crippen LogP contribution in [0.4, 0.5) is 5.69 Å². The smallest absolute Gasteiger partial charge is 0.0929 e. The summed E-state index contributed by atoms with van der Waals surface area (Å²) in [6, 6.07) is 7.70. The number of imidazole rings is 1. The van der Waals surface area contributed by atoms with Crippen LogP contribution in [-0.2, 0) is 0 Å². The van der Waals surface area contributed by atoms with Crippen LogP contribution >= 0.6 is 0 Å². The summed E-state index contributed by atoms with van der Waals surface area (Å²) < 4.78 is 0. The molecular formula is C10H11N3. The number of nitrogens with one attached hydrogen (secondary N) is 1. The quantitative estimate of drug-likeness (QED) is 0.648. The average molecular weight is 173 g/mol. The Morgan fingerprint density at radius 3 is 2.46 bits per heavy atom. The summed E-state index contributed by atoms with van der Waals surface area (Å²) in [6.45, 7) is 2.00. The lowest BCUT2D eigenvalue weighted by molar-refractivity contribution is 1.25. The van der Waals surface area contributed by atoms with Gasteiger partial charge in [-0.25, -0.2) is 4.98 Å². The largest absolute Gasteiger partial charge is 0.399 e. The predicted octanol–water partition coefficient (Wildman–Crippen LogP) is 1.97. The van der Waals surface area contributed by atoms with E-state index in [0.29, 0.717) is 0 Å². The molecular weight excluding hydrogens is 162 g/mol. The highest BCUT2D eigenvalue weighted by atomic mass is 14.9. The van der Waals surface area contributed by atoms with Gasteiger partial charge in [0.25, 0.3) is 0 Å². The molecule has 3 heteroatoms. The summed E-state index contributed by atoms with van der Waals surface area (Å²) in [5.74, 6) is 0. The van der Waals surface area contributed by atoms with Gasteiger partial charge < -0.3 is 10.7 Å². The molecule has 0 saturated heterocycles. The first kappa shape index (κ1) is 7.86. The molecule has 0 spiro atoms. The van der Waals surface area contributed by atoms with Crippen molar-refractivity contribution in [3.05, 3.63) is 36.3 Å². The summed E-state index contributed by atoms with van der Waals surface area (Å²) in [6.07, 6.45) is 1.70. The number of H-pyrrole nitrogens is 1. The third-order valence-corrected chi connectivity index (χ3v) is 2.01. The third-order valence-electron chi connectivity index (χ3n) is 2.01. The average Bonchev–Trinajstić information content (AvgIpc) is 2.53. The zero-order chi connectivity index (χ0) is 9.26. The van der Waals surface area contributed by atoms with E-state index in [1.807, 2.05) is 31.2 Å². The second-order valence-corrected chi connectivity index (χ2v) is 3.00. The molecule has 1 aromatic carbocycles. The molecule has 2 rings (SSSR count). The van der Waals surface area contributed by atoms with Crippen molar-refractivity contribution in [2.75, 3.05) is 5.73 Å². The van der Waals surface area contributed by atoms with Gasteiger partial charge in [-0.05, 0) is 19.1 Å². The minimum atomic E-state index is 0.775. The van der Waals surface area contributed by atoms with E-state index < -0.39 is 0 Å². The number of hydrogen-bond donors (Lipinski definition) is 2. The fraction of sp³-hybridized carbons (Fsp3) is 0.100. The Labute approximate surface area is 76.6 Å². The van der Waals surface area contributed by atoms with Crippen molar-refractivity contribution in [3.8, 4) is 11.3 Å². The van der Waals surface area contributed by atoms with Gasteiger partial charge >= 0.3 is 0 Å². The van der Waals surface area contributed by atoms with Crippen LogP contribution in [0.3, 0.4) is 0 Å². The van der Waals surface area contributed by atoms with E-state index in [-0.39, 0.29) is 0 Å². The lowest BCUT2D eigenvalue weighted by atomic mass is 10.1. The van der Waals surface area contributed by atoms with Gasteiger partial charge in [-0.3, -0.25) is 0 Å². The Bertz CT molecular complexity index is 400.